The predicted molar refractivity (Wildman–Crippen MR) is 84.6 cm³/mol. The van der Waals surface area contributed by atoms with Crippen LogP contribution in [0.25, 0.3) is 0 Å². The van der Waals surface area contributed by atoms with Crippen LogP contribution in [-0.4, -0.2) is 71.1 Å². The number of nitrogens with zero attached hydrogens (tertiary/aromatic N) is 4. The smallest absolute Gasteiger partial charge is 0.272 e. The van der Waals surface area contributed by atoms with Crippen LogP contribution in [0.15, 0.2) is 12.3 Å². The molecular formula is C16H26N4O2. The fraction of sp³-hybridized carbons (Fsp3) is 0.688. The molecule has 1 aliphatic heterocycles. The minimum atomic E-state index is -0.0657. The Morgan fingerprint density at radius 1 is 1.41 bits per heavy atom. The highest BCUT2D eigenvalue weighted by Gasteiger charge is 2.35. The molecule has 2 heterocycles. The molecule has 6 heteroatoms. The largest absolute Gasteiger partial charge is 0.396 e. The van der Waals surface area contributed by atoms with Crippen LogP contribution in [0.3, 0.4) is 0 Å². The lowest BCUT2D eigenvalue weighted by Crippen LogP contribution is -2.31. The number of aromatic nitrogens is 2. The summed E-state index contributed by atoms with van der Waals surface area (Å²) in [5, 5.41) is 9.55. The van der Waals surface area contributed by atoms with Crippen molar-refractivity contribution in [3.63, 3.8) is 0 Å². The SMILES string of the molecule is CC(C)c1nccc(C(=O)N2CC(CO)C(CN(C)C)C2)n1. The summed E-state index contributed by atoms with van der Waals surface area (Å²) in [5.41, 5.74) is 0.445. The van der Waals surface area contributed by atoms with Crippen LogP contribution in [0, 0.1) is 11.8 Å². The zero-order chi connectivity index (χ0) is 16.3. The fourth-order valence-electron chi connectivity index (χ4n) is 2.92. The summed E-state index contributed by atoms with van der Waals surface area (Å²) in [6, 6.07) is 1.67. The summed E-state index contributed by atoms with van der Waals surface area (Å²) < 4.78 is 0. The minimum Gasteiger partial charge on any atom is -0.396 e. The first-order valence-electron chi connectivity index (χ1n) is 7.80. The second-order valence-corrected chi connectivity index (χ2v) is 6.63. The summed E-state index contributed by atoms with van der Waals surface area (Å²) in [6.45, 7) is 6.26. The Hall–Kier alpha value is -1.53. The van der Waals surface area contributed by atoms with Crippen molar-refractivity contribution in [3.05, 3.63) is 23.8 Å². The molecule has 0 radical (unpaired) electrons. The first kappa shape index (κ1) is 16.8. The highest BCUT2D eigenvalue weighted by Crippen LogP contribution is 2.25. The van der Waals surface area contributed by atoms with Crippen molar-refractivity contribution in [2.75, 3.05) is 40.3 Å². The van der Waals surface area contributed by atoms with Crippen LogP contribution in [0.4, 0.5) is 0 Å². The van der Waals surface area contributed by atoms with Gasteiger partial charge in [-0.1, -0.05) is 13.8 Å². The Balaban J connectivity index is 2.11. The van der Waals surface area contributed by atoms with Gasteiger partial charge in [-0.2, -0.15) is 0 Å². The average Bonchev–Trinajstić information content (AvgIpc) is 2.88. The Morgan fingerprint density at radius 2 is 2.09 bits per heavy atom. The Bertz CT molecular complexity index is 519. The number of aliphatic hydroxyl groups excluding tert-OH is 1. The first-order chi connectivity index (χ1) is 10.4. The van der Waals surface area contributed by atoms with Gasteiger partial charge in [0.2, 0.25) is 0 Å². The van der Waals surface area contributed by atoms with Crippen LogP contribution >= 0.6 is 0 Å². The number of hydrogen-bond donors (Lipinski definition) is 1. The molecule has 0 bridgehead atoms. The molecule has 22 heavy (non-hydrogen) atoms. The molecule has 1 amide bonds. The fourth-order valence-corrected chi connectivity index (χ4v) is 2.92. The number of likely N-dealkylation sites (tertiary alicyclic amines) is 1. The van der Waals surface area contributed by atoms with E-state index >= 15 is 0 Å². The quantitative estimate of drug-likeness (QED) is 0.873. The molecule has 0 aromatic carbocycles. The zero-order valence-corrected chi connectivity index (χ0v) is 13.9. The number of amides is 1. The third-order valence-corrected chi connectivity index (χ3v) is 4.11. The van der Waals surface area contributed by atoms with Crippen LogP contribution in [-0.2, 0) is 0 Å². The third-order valence-electron chi connectivity index (χ3n) is 4.11. The molecule has 1 aromatic heterocycles. The monoisotopic (exact) mass is 306 g/mol. The lowest BCUT2D eigenvalue weighted by molar-refractivity contribution is 0.0773. The van der Waals surface area contributed by atoms with E-state index in [0.717, 1.165) is 6.54 Å². The second-order valence-electron chi connectivity index (χ2n) is 6.63. The van der Waals surface area contributed by atoms with E-state index < -0.39 is 0 Å². The molecule has 122 valence electrons. The maximum absolute atomic E-state index is 12.7. The molecule has 1 saturated heterocycles. The molecule has 0 spiro atoms. The lowest BCUT2D eigenvalue weighted by Gasteiger charge is -2.20. The summed E-state index contributed by atoms with van der Waals surface area (Å²) in [5.74, 6) is 1.25. The first-order valence-corrected chi connectivity index (χ1v) is 7.80. The normalized spacial score (nSPS) is 21.9. The van der Waals surface area contributed by atoms with Crippen molar-refractivity contribution in [2.24, 2.45) is 11.8 Å². The number of carbonyl (C=O) groups is 1. The Morgan fingerprint density at radius 3 is 2.68 bits per heavy atom. The number of rotatable bonds is 5. The molecule has 2 rings (SSSR count). The topological polar surface area (TPSA) is 69.6 Å². The molecular weight excluding hydrogens is 280 g/mol. The molecule has 1 fully saturated rings. The van der Waals surface area contributed by atoms with Gasteiger partial charge >= 0.3 is 0 Å². The van der Waals surface area contributed by atoms with E-state index in [1.807, 2.05) is 32.8 Å². The minimum absolute atomic E-state index is 0.0657. The van der Waals surface area contributed by atoms with Crippen molar-refractivity contribution >= 4 is 5.91 Å². The van der Waals surface area contributed by atoms with E-state index in [4.69, 9.17) is 0 Å². The molecule has 1 aromatic rings. The van der Waals surface area contributed by atoms with Crippen LogP contribution in [0.5, 0.6) is 0 Å². The van der Waals surface area contributed by atoms with Crippen LogP contribution in [0.2, 0.25) is 0 Å². The van der Waals surface area contributed by atoms with E-state index in [0.29, 0.717) is 30.5 Å². The molecule has 2 unspecified atom stereocenters. The van der Waals surface area contributed by atoms with Crippen molar-refractivity contribution in [1.29, 1.82) is 0 Å². The van der Waals surface area contributed by atoms with Crippen molar-refractivity contribution in [1.82, 2.24) is 19.8 Å². The molecule has 1 N–H and O–H groups in total. The lowest BCUT2D eigenvalue weighted by atomic mass is 9.97. The van der Waals surface area contributed by atoms with Gasteiger partial charge in [-0.15, -0.1) is 0 Å². The molecule has 2 atom stereocenters. The maximum Gasteiger partial charge on any atom is 0.272 e. The third kappa shape index (κ3) is 3.81. The predicted octanol–water partition coefficient (Wildman–Crippen LogP) is 0.842. The molecule has 0 saturated carbocycles. The Labute approximate surface area is 132 Å². The average molecular weight is 306 g/mol. The number of carbonyl (C=O) groups excluding carboxylic acids is 1. The van der Waals surface area contributed by atoms with Crippen molar-refractivity contribution < 1.29 is 9.90 Å². The number of hydrogen-bond acceptors (Lipinski definition) is 5. The van der Waals surface area contributed by atoms with Gasteiger partial charge in [0.25, 0.3) is 5.91 Å². The van der Waals surface area contributed by atoms with E-state index in [1.54, 1.807) is 12.3 Å². The van der Waals surface area contributed by atoms with Crippen LogP contribution < -0.4 is 0 Å². The highest BCUT2D eigenvalue weighted by atomic mass is 16.3. The van der Waals surface area contributed by atoms with Gasteiger partial charge in [0.1, 0.15) is 11.5 Å². The highest BCUT2D eigenvalue weighted by molar-refractivity contribution is 5.92. The van der Waals surface area contributed by atoms with Gasteiger partial charge in [0, 0.05) is 44.3 Å². The van der Waals surface area contributed by atoms with Crippen molar-refractivity contribution in [2.45, 2.75) is 19.8 Å². The second kappa shape index (κ2) is 7.15. The zero-order valence-electron chi connectivity index (χ0n) is 13.9. The van der Waals surface area contributed by atoms with Gasteiger partial charge in [-0.25, -0.2) is 9.97 Å². The summed E-state index contributed by atoms with van der Waals surface area (Å²) in [6.07, 6.45) is 1.65. The van der Waals surface area contributed by atoms with Crippen LogP contribution in [0.1, 0.15) is 36.1 Å². The molecule has 6 nitrogen and oxygen atoms in total. The summed E-state index contributed by atoms with van der Waals surface area (Å²) in [7, 11) is 4.02. The van der Waals surface area contributed by atoms with Gasteiger partial charge in [-0.3, -0.25) is 4.79 Å². The number of aliphatic hydroxyl groups is 1. The van der Waals surface area contributed by atoms with Gasteiger partial charge in [0.05, 0.1) is 0 Å². The van der Waals surface area contributed by atoms with E-state index in [-0.39, 0.29) is 24.3 Å². The summed E-state index contributed by atoms with van der Waals surface area (Å²) in [4.78, 5) is 25.1. The van der Waals surface area contributed by atoms with Gasteiger partial charge in [0.15, 0.2) is 0 Å². The van der Waals surface area contributed by atoms with E-state index in [1.165, 1.54) is 0 Å². The molecule has 0 aliphatic carbocycles. The maximum atomic E-state index is 12.7. The van der Waals surface area contributed by atoms with E-state index in [2.05, 4.69) is 14.9 Å². The summed E-state index contributed by atoms with van der Waals surface area (Å²) >= 11 is 0. The standard InChI is InChI=1S/C16H26N4O2/c1-11(2)15-17-6-5-14(18-15)16(22)20-8-12(7-19(3)4)13(9-20)10-21/h5-6,11-13,21H,7-10H2,1-4H3. The van der Waals surface area contributed by atoms with E-state index in [9.17, 15) is 9.90 Å². The van der Waals surface area contributed by atoms with Gasteiger partial charge < -0.3 is 14.9 Å². The van der Waals surface area contributed by atoms with Crippen molar-refractivity contribution in [3.8, 4) is 0 Å². The Kier molecular flexibility index (Phi) is 5.47. The molecule has 1 aliphatic rings. The van der Waals surface area contributed by atoms with Gasteiger partial charge in [-0.05, 0) is 26.1 Å².